The number of hydrogen-bond acceptors (Lipinski definition) is 3. The number of carbonyl (C=O) groups excluding carboxylic acids is 1. The van der Waals surface area contributed by atoms with Gasteiger partial charge in [-0.1, -0.05) is 17.7 Å². The van der Waals surface area contributed by atoms with Gasteiger partial charge in [-0.2, -0.15) is 4.31 Å². The van der Waals surface area contributed by atoms with Crippen LogP contribution in [0.3, 0.4) is 0 Å². The first kappa shape index (κ1) is 16.4. The summed E-state index contributed by atoms with van der Waals surface area (Å²) in [7, 11) is -3.35. The standard InChI is InChI=1S/C17H21ClN2O3S/c1-12-9-13-3-8-20(15(13)10-14(12)18)16(21)11-19-7-2-4-17(5-6-17)24(19,22)23/h9-10H,2-8,11H2,1H3. The second-order valence-corrected chi connectivity index (χ2v) is 9.89. The van der Waals surface area contributed by atoms with E-state index in [0.29, 0.717) is 18.1 Å². The van der Waals surface area contributed by atoms with Gasteiger partial charge in [0, 0.05) is 23.8 Å². The van der Waals surface area contributed by atoms with Gasteiger partial charge in [-0.3, -0.25) is 4.79 Å². The number of halogens is 1. The van der Waals surface area contributed by atoms with Gasteiger partial charge in [0.2, 0.25) is 15.9 Å². The van der Waals surface area contributed by atoms with Crippen molar-refractivity contribution in [2.45, 2.75) is 43.8 Å². The molecule has 2 aliphatic heterocycles. The second kappa shape index (κ2) is 5.44. The van der Waals surface area contributed by atoms with Crippen LogP contribution in [0.2, 0.25) is 5.02 Å². The fraction of sp³-hybridized carbons (Fsp3) is 0.588. The normalized spacial score (nSPS) is 24.2. The van der Waals surface area contributed by atoms with Crippen LogP contribution in [0.15, 0.2) is 12.1 Å². The average molecular weight is 369 g/mol. The minimum absolute atomic E-state index is 0.0605. The van der Waals surface area contributed by atoms with Crippen LogP contribution in [0.5, 0.6) is 0 Å². The molecule has 2 fully saturated rings. The number of anilines is 1. The maximum absolute atomic E-state index is 12.8. The Kier molecular flexibility index (Phi) is 3.71. The Balaban J connectivity index is 1.55. The van der Waals surface area contributed by atoms with Crippen LogP contribution in [-0.4, -0.2) is 43.0 Å². The molecular weight excluding hydrogens is 348 g/mol. The number of fused-ring (bicyclic) bond motifs is 1. The topological polar surface area (TPSA) is 57.7 Å². The van der Waals surface area contributed by atoms with Gasteiger partial charge in [-0.25, -0.2) is 8.42 Å². The lowest BCUT2D eigenvalue weighted by Crippen LogP contribution is -2.49. The molecule has 1 aliphatic carbocycles. The Morgan fingerprint density at radius 1 is 1.25 bits per heavy atom. The Bertz CT molecular complexity index is 817. The van der Waals surface area contributed by atoms with E-state index in [0.717, 1.165) is 48.9 Å². The molecule has 1 amide bonds. The van der Waals surface area contributed by atoms with E-state index in [1.54, 1.807) is 4.90 Å². The molecule has 1 spiro atoms. The van der Waals surface area contributed by atoms with Gasteiger partial charge in [0.05, 0.1) is 11.3 Å². The Morgan fingerprint density at radius 2 is 2.00 bits per heavy atom. The molecule has 0 bridgehead atoms. The number of nitrogens with zero attached hydrogens (tertiary/aromatic N) is 2. The van der Waals surface area contributed by atoms with Crippen molar-refractivity contribution in [1.82, 2.24) is 4.31 Å². The van der Waals surface area contributed by atoms with Crippen molar-refractivity contribution in [2.24, 2.45) is 0 Å². The van der Waals surface area contributed by atoms with Gasteiger partial charge in [-0.05, 0) is 56.2 Å². The van der Waals surface area contributed by atoms with E-state index < -0.39 is 14.8 Å². The van der Waals surface area contributed by atoms with Gasteiger partial charge in [0.1, 0.15) is 0 Å². The summed E-state index contributed by atoms with van der Waals surface area (Å²) in [6, 6.07) is 3.84. The van der Waals surface area contributed by atoms with Gasteiger partial charge in [-0.15, -0.1) is 0 Å². The minimum Gasteiger partial charge on any atom is -0.311 e. The van der Waals surface area contributed by atoms with Gasteiger partial charge in [0.25, 0.3) is 0 Å². The number of sulfonamides is 1. The molecule has 5 nitrogen and oxygen atoms in total. The highest BCUT2D eigenvalue weighted by atomic mass is 35.5. The predicted octanol–water partition coefficient (Wildman–Crippen LogP) is 2.50. The molecule has 1 aromatic carbocycles. The summed E-state index contributed by atoms with van der Waals surface area (Å²) in [6.07, 6.45) is 3.84. The lowest BCUT2D eigenvalue weighted by molar-refractivity contribution is -0.118. The summed E-state index contributed by atoms with van der Waals surface area (Å²) in [5.41, 5.74) is 2.93. The summed E-state index contributed by atoms with van der Waals surface area (Å²) in [5, 5.41) is 0.635. The van der Waals surface area contributed by atoms with Crippen LogP contribution in [0, 0.1) is 6.92 Å². The largest absolute Gasteiger partial charge is 0.311 e. The van der Waals surface area contributed by atoms with E-state index in [1.807, 2.05) is 19.1 Å². The SMILES string of the molecule is Cc1cc2c(cc1Cl)N(C(=O)CN1CCCC3(CC3)S1(=O)=O)CC2. The van der Waals surface area contributed by atoms with Crippen molar-refractivity contribution in [1.29, 1.82) is 0 Å². The molecule has 1 saturated heterocycles. The van der Waals surface area contributed by atoms with Crippen LogP contribution >= 0.6 is 11.6 Å². The fourth-order valence-corrected chi connectivity index (χ4v) is 6.32. The summed E-state index contributed by atoms with van der Waals surface area (Å²) < 4.78 is 26.3. The van der Waals surface area contributed by atoms with Gasteiger partial charge < -0.3 is 4.90 Å². The van der Waals surface area contributed by atoms with Crippen molar-refractivity contribution in [3.8, 4) is 0 Å². The molecule has 0 radical (unpaired) electrons. The molecule has 4 rings (SSSR count). The van der Waals surface area contributed by atoms with E-state index >= 15 is 0 Å². The van der Waals surface area contributed by atoms with Crippen LogP contribution in [0.1, 0.15) is 36.8 Å². The summed E-state index contributed by atoms with van der Waals surface area (Å²) >= 11 is 6.20. The van der Waals surface area contributed by atoms with E-state index in [-0.39, 0.29) is 12.5 Å². The highest BCUT2D eigenvalue weighted by Crippen LogP contribution is 2.51. The molecule has 1 saturated carbocycles. The molecule has 2 heterocycles. The zero-order valence-corrected chi connectivity index (χ0v) is 15.3. The molecule has 24 heavy (non-hydrogen) atoms. The quantitative estimate of drug-likeness (QED) is 0.805. The molecule has 0 atom stereocenters. The van der Waals surface area contributed by atoms with Crippen molar-refractivity contribution >= 4 is 33.2 Å². The maximum Gasteiger partial charge on any atom is 0.242 e. The maximum atomic E-state index is 12.8. The van der Waals surface area contributed by atoms with Crippen LogP contribution in [0.25, 0.3) is 0 Å². The Morgan fingerprint density at radius 3 is 2.71 bits per heavy atom. The molecule has 7 heteroatoms. The number of aryl methyl sites for hydroxylation is 1. The first-order chi connectivity index (χ1) is 11.3. The van der Waals surface area contributed by atoms with Crippen LogP contribution < -0.4 is 4.90 Å². The van der Waals surface area contributed by atoms with E-state index in [2.05, 4.69) is 0 Å². The summed E-state index contributed by atoms with van der Waals surface area (Å²) in [6.45, 7) is 2.93. The zero-order chi connectivity index (χ0) is 17.1. The number of hydrogen-bond donors (Lipinski definition) is 0. The highest BCUT2D eigenvalue weighted by molar-refractivity contribution is 7.90. The third kappa shape index (κ3) is 2.38. The highest BCUT2D eigenvalue weighted by Gasteiger charge is 2.58. The molecule has 130 valence electrons. The predicted molar refractivity (Wildman–Crippen MR) is 93.9 cm³/mol. The number of carbonyl (C=O) groups is 1. The molecule has 0 aromatic heterocycles. The first-order valence-corrected chi connectivity index (χ1v) is 10.2. The number of benzene rings is 1. The molecule has 0 unspecified atom stereocenters. The Labute approximate surface area is 147 Å². The second-order valence-electron chi connectivity index (χ2n) is 7.15. The van der Waals surface area contributed by atoms with Gasteiger partial charge in [0.15, 0.2) is 0 Å². The summed E-state index contributed by atoms with van der Waals surface area (Å²) in [5.74, 6) is -0.157. The lowest BCUT2D eigenvalue weighted by atomic mass is 10.1. The van der Waals surface area contributed by atoms with Crippen molar-refractivity contribution < 1.29 is 13.2 Å². The first-order valence-electron chi connectivity index (χ1n) is 8.43. The zero-order valence-electron chi connectivity index (χ0n) is 13.7. The Hall–Kier alpha value is -1.11. The van der Waals surface area contributed by atoms with E-state index in [9.17, 15) is 13.2 Å². The molecule has 3 aliphatic rings. The van der Waals surface area contributed by atoms with Crippen molar-refractivity contribution in [3.63, 3.8) is 0 Å². The minimum atomic E-state index is -3.35. The van der Waals surface area contributed by atoms with Crippen LogP contribution in [-0.2, 0) is 21.2 Å². The fourth-order valence-electron chi connectivity index (χ4n) is 3.94. The molecule has 1 aromatic rings. The van der Waals surface area contributed by atoms with E-state index in [4.69, 9.17) is 11.6 Å². The van der Waals surface area contributed by atoms with Gasteiger partial charge >= 0.3 is 0 Å². The van der Waals surface area contributed by atoms with Crippen molar-refractivity contribution in [2.75, 3.05) is 24.5 Å². The lowest BCUT2D eigenvalue weighted by Gasteiger charge is -2.33. The van der Waals surface area contributed by atoms with E-state index in [1.165, 1.54) is 4.31 Å². The molecular formula is C17H21ClN2O3S. The van der Waals surface area contributed by atoms with Crippen molar-refractivity contribution in [3.05, 3.63) is 28.3 Å². The third-order valence-electron chi connectivity index (χ3n) is 5.60. The monoisotopic (exact) mass is 368 g/mol. The number of rotatable bonds is 2. The molecule has 0 N–H and O–H groups in total. The van der Waals surface area contributed by atoms with Crippen LogP contribution in [0.4, 0.5) is 5.69 Å². The third-order valence-corrected chi connectivity index (χ3v) is 8.71. The average Bonchev–Trinajstić information content (AvgIpc) is 3.20. The number of amides is 1. The smallest absolute Gasteiger partial charge is 0.242 e. The summed E-state index contributed by atoms with van der Waals surface area (Å²) in [4.78, 5) is 14.5.